The average Bonchev–Trinajstić information content (AvgIpc) is 3.02. The molecular formula is C33H57N11O6. The first-order chi connectivity index (χ1) is 23.5. The van der Waals surface area contributed by atoms with Crippen molar-refractivity contribution in [2.24, 2.45) is 50.5 Å². The van der Waals surface area contributed by atoms with E-state index in [9.17, 15) is 29.1 Å². The molecule has 4 amide bonds. The Morgan fingerprint density at radius 1 is 0.640 bits per heavy atom. The van der Waals surface area contributed by atoms with Crippen LogP contribution in [-0.2, 0) is 30.4 Å². The molecule has 0 aliphatic rings. The maximum absolute atomic E-state index is 13.7. The summed E-state index contributed by atoms with van der Waals surface area (Å²) in [5.74, 6) is -4.14. The Labute approximate surface area is 294 Å². The van der Waals surface area contributed by atoms with Crippen molar-refractivity contribution < 1.29 is 29.1 Å². The van der Waals surface area contributed by atoms with E-state index in [1.54, 1.807) is 0 Å². The lowest BCUT2D eigenvalue weighted by Gasteiger charge is -2.27. The molecule has 0 aliphatic heterocycles. The van der Waals surface area contributed by atoms with Crippen LogP contribution in [0.4, 0.5) is 0 Å². The number of hydrogen-bond donors (Lipinski definition) is 10. The lowest BCUT2D eigenvalue weighted by molar-refractivity contribution is -0.143. The van der Waals surface area contributed by atoms with E-state index < -0.39 is 59.8 Å². The van der Waals surface area contributed by atoms with Crippen LogP contribution >= 0.6 is 0 Å². The summed E-state index contributed by atoms with van der Waals surface area (Å²) in [6.07, 6.45) is 1.38. The predicted molar refractivity (Wildman–Crippen MR) is 192 cm³/mol. The third-order valence-electron chi connectivity index (χ3n) is 7.45. The molecule has 0 spiro atoms. The van der Waals surface area contributed by atoms with Gasteiger partial charge in [-0.3, -0.25) is 29.2 Å². The third kappa shape index (κ3) is 18.0. The molecule has 50 heavy (non-hydrogen) atoms. The van der Waals surface area contributed by atoms with Crippen LogP contribution in [0.15, 0.2) is 40.3 Å². The first-order valence-electron chi connectivity index (χ1n) is 16.8. The molecule has 1 aromatic rings. The molecule has 0 radical (unpaired) electrons. The zero-order valence-corrected chi connectivity index (χ0v) is 29.6. The van der Waals surface area contributed by atoms with Crippen molar-refractivity contribution in [1.82, 2.24) is 21.3 Å². The van der Waals surface area contributed by atoms with E-state index >= 15 is 0 Å². The summed E-state index contributed by atoms with van der Waals surface area (Å²) in [5.41, 5.74) is 28.7. The van der Waals surface area contributed by atoms with Gasteiger partial charge in [0.15, 0.2) is 11.9 Å². The summed E-state index contributed by atoms with van der Waals surface area (Å²) >= 11 is 0. The zero-order chi connectivity index (χ0) is 37.8. The second-order valence-electron chi connectivity index (χ2n) is 13.0. The number of nitrogens with one attached hydrogen (secondary N) is 4. The number of aliphatic imine (C=N–C) groups is 2. The van der Waals surface area contributed by atoms with Gasteiger partial charge in [-0.25, -0.2) is 4.79 Å². The fraction of sp³-hybridized carbons (Fsp3) is 0.606. The van der Waals surface area contributed by atoms with Crippen molar-refractivity contribution in [2.45, 2.75) is 103 Å². The number of rotatable bonds is 23. The number of hydrogen-bond acceptors (Lipinski definition) is 8. The van der Waals surface area contributed by atoms with Crippen LogP contribution in [0.25, 0.3) is 0 Å². The van der Waals surface area contributed by atoms with E-state index in [0.717, 1.165) is 5.56 Å². The minimum atomic E-state index is -1.19. The highest BCUT2D eigenvalue weighted by molar-refractivity contribution is 5.95. The quantitative estimate of drug-likeness (QED) is 0.0366. The van der Waals surface area contributed by atoms with E-state index in [0.29, 0.717) is 6.42 Å². The van der Waals surface area contributed by atoms with E-state index in [1.165, 1.54) is 0 Å². The first kappa shape index (κ1) is 43.1. The minimum absolute atomic E-state index is 0.0138. The summed E-state index contributed by atoms with van der Waals surface area (Å²) in [5, 5.41) is 20.3. The van der Waals surface area contributed by atoms with Crippen molar-refractivity contribution in [2.75, 3.05) is 13.1 Å². The highest BCUT2D eigenvalue weighted by atomic mass is 16.4. The molecule has 1 aromatic carbocycles. The number of guanidine groups is 2. The van der Waals surface area contributed by atoms with Crippen LogP contribution in [0.5, 0.6) is 0 Å². The van der Waals surface area contributed by atoms with Gasteiger partial charge in [-0.05, 0) is 62.3 Å². The lowest BCUT2D eigenvalue weighted by atomic mass is 10.00. The van der Waals surface area contributed by atoms with Crippen LogP contribution in [-0.4, -0.2) is 89.9 Å². The molecule has 1 rings (SSSR count). The number of carboxylic acid groups (broad SMARTS) is 1. The topological polar surface area (TPSA) is 309 Å². The van der Waals surface area contributed by atoms with Gasteiger partial charge in [0.2, 0.25) is 23.6 Å². The molecule has 17 nitrogen and oxygen atoms in total. The van der Waals surface area contributed by atoms with Gasteiger partial charge in [0, 0.05) is 13.1 Å². The van der Waals surface area contributed by atoms with Gasteiger partial charge in [0.1, 0.15) is 24.2 Å². The Morgan fingerprint density at radius 3 is 1.48 bits per heavy atom. The molecule has 0 aliphatic carbocycles. The number of amides is 4. The van der Waals surface area contributed by atoms with Crippen molar-refractivity contribution in [3.05, 3.63) is 35.9 Å². The van der Waals surface area contributed by atoms with E-state index in [4.69, 9.17) is 28.7 Å². The highest BCUT2D eigenvalue weighted by Crippen LogP contribution is 2.11. The Kier molecular flexibility index (Phi) is 19.5. The molecule has 0 heterocycles. The number of carboxylic acids is 1. The van der Waals surface area contributed by atoms with E-state index in [2.05, 4.69) is 31.3 Å². The number of carbonyl (C=O) groups excluding carboxylic acids is 4. The SMILES string of the molecule is CC(C)C[C@H](NC(=O)[C@H](CC(C)C)NC(=O)[C@H](CCCN=C(N)N)NC(=O)[C@H](CCCN=C(N)N)NC(=O)[C@@H](N)Cc1ccccc1)C(=O)O. The number of nitrogens with two attached hydrogens (primary N) is 5. The number of aliphatic carboxylic acids is 1. The average molecular weight is 704 g/mol. The highest BCUT2D eigenvalue weighted by Gasteiger charge is 2.32. The van der Waals surface area contributed by atoms with Gasteiger partial charge in [-0.1, -0.05) is 58.0 Å². The number of carbonyl (C=O) groups is 5. The molecule has 0 bridgehead atoms. The van der Waals surface area contributed by atoms with Crippen molar-refractivity contribution in [3.8, 4) is 0 Å². The van der Waals surface area contributed by atoms with E-state index in [-0.39, 0.29) is 75.4 Å². The van der Waals surface area contributed by atoms with Crippen LogP contribution in [0.3, 0.4) is 0 Å². The fourth-order valence-electron chi connectivity index (χ4n) is 5.00. The monoisotopic (exact) mass is 703 g/mol. The van der Waals surface area contributed by atoms with Gasteiger partial charge >= 0.3 is 5.97 Å². The van der Waals surface area contributed by atoms with Crippen molar-refractivity contribution >= 4 is 41.5 Å². The van der Waals surface area contributed by atoms with Gasteiger partial charge in [0.25, 0.3) is 0 Å². The Bertz CT molecular complexity index is 1300. The van der Waals surface area contributed by atoms with Crippen LogP contribution in [0.1, 0.15) is 71.8 Å². The summed E-state index contributed by atoms with van der Waals surface area (Å²) in [6.45, 7) is 7.70. The molecule has 17 heteroatoms. The molecule has 0 saturated carbocycles. The molecule has 0 aromatic heterocycles. The second-order valence-corrected chi connectivity index (χ2v) is 13.0. The molecule has 0 fully saturated rings. The van der Waals surface area contributed by atoms with Gasteiger partial charge in [-0.15, -0.1) is 0 Å². The maximum Gasteiger partial charge on any atom is 0.326 e. The third-order valence-corrected chi connectivity index (χ3v) is 7.45. The van der Waals surface area contributed by atoms with Crippen LogP contribution < -0.4 is 49.9 Å². The van der Waals surface area contributed by atoms with Crippen molar-refractivity contribution in [1.29, 1.82) is 0 Å². The summed E-state index contributed by atoms with van der Waals surface area (Å²) in [7, 11) is 0. The van der Waals surface area contributed by atoms with Crippen LogP contribution in [0.2, 0.25) is 0 Å². The number of nitrogens with zero attached hydrogens (tertiary/aromatic N) is 2. The van der Waals surface area contributed by atoms with Crippen molar-refractivity contribution in [3.63, 3.8) is 0 Å². The minimum Gasteiger partial charge on any atom is -0.480 e. The lowest BCUT2D eigenvalue weighted by Crippen LogP contribution is -2.58. The zero-order valence-electron chi connectivity index (χ0n) is 29.6. The molecule has 15 N–H and O–H groups in total. The summed E-state index contributed by atoms with van der Waals surface area (Å²) in [4.78, 5) is 73.6. The van der Waals surface area contributed by atoms with Gasteiger partial charge < -0.3 is 55.0 Å². The Hall–Kier alpha value is -4.93. The Balaban J connectivity index is 3.26. The second kappa shape index (κ2) is 22.7. The smallest absolute Gasteiger partial charge is 0.326 e. The molecule has 0 saturated heterocycles. The summed E-state index contributed by atoms with van der Waals surface area (Å²) in [6, 6.07) is 3.63. The molecule has 280 valence electrons. The van der Waals surface area contributed by atoms with Crippen LogP contribution in [0, 0.1) is 11.8 Å². The standard InChI is InChI=1S/C33H57N11O6/c1-19(2)16-25(30(48)44-26(31(49)50)17-20(3)4)43-29(47)24(13-9-15-40-33(37)38)42-28(46)23(12-8-14-39-32(35)36)41-27(45)22(34)18-21-10-6-5-7-11-21/h5-7,10-11,19-20,22-26H,8-9,12-18,34H2,1-4H3,(H,41,45)(H,42,46)(H,43,47)(H,44,48)(H,49,50)(H4,35,36,39)(H4,37,38,40)/t22-,23-,24-,25-,26-/m0/s1. The predicted octanol–water partition coefficient (Wildman–Crippen LogP) is -1.22. The van der Waals surface area contributed by atoms with Gasteiger partial charge in [-0.2, -0.15) is 0 Å². The number of benzene rings is 1. The van der Waals surface area contributed by atoms with E-state index in [1.807, 2.05) is 58.0 Å². The molecular weight excluding hydrogens is 646 g/mol. The summed E-state index contributed by atoms with van der Waals surface area (Å²) < 4.78 is 0. The largest absolute Gasteiger partial charge is 0.480 e. The molecule has 0 unspecified atom stereocenters. The van der Waals surface area contributed by atoms with Gasteiger partial charge in [0.05, 0.1) is 6.04 Å². The Morgan fingerprint density at radius 2 is 1.04 bits per heavy atom. The first-order valence-corrected chi connectivity index (χ1v) is 16.8. The normalized spacial score (nSPS) is 14.0. The molecule has 5 atom stereocenters. The fourth-order valence-corrected chi connectivity index (χ4v) is 5.00. The maximum atomic E-state index is 13.7.